The van der Waals surface area contributed by atoms with Crippen molar-refractivity contribution >= 4 is 23.2 Å². The molecular formula is C15H20ClN3O3. The maximum atomic E-state index is 12.6. The molecule has 1 aliphatic rings. The van der Waals surface area contributed by atoms with Gasteiger partial charge in [-0.1, -0.05) is 11.6 Å². The number of nitro benzene ring substituents is 1. The van der Waals surface area contributed by atoms with E-state index in [0.29, 0.717) is 11.6 Å². The summed E-state index contributed by atoms with van der Waals surface area (Å²) >= 11 is 6.04. The number of hydrogen-bond acceptors (Lipinski definition) is 4. The minimum absolute atomic E-state index is 0.114. The van der Waals surface area contributed by atoms with Crippen LogP contribution in [0.4, 0.5) is 5.69 Å². The number of halogens is 1. The number of amides is 1. The molecule has 0 saturated carbocycles. The summed E-state index contributed by atoms with van der Waals surface area (Å²) in [5.74, 6) is -0.193. The standard InChI is InChI=1S/C15H20ClN3O3/c1-10-8-11(6-7-17(10)2)18(3)15(20)13-5-4-12(19(21)22)9-14(13)16/h4-5,9-11H,6-8H2,1-3H3/t10-,11-/m1/s1. The van der Waals surface area contributed by atoms with Crippen molar-refractivity contribution in [2.75, 3.05) is 20.6 Å². The predicted molar refractivity (Wildman–Crippen MR) is 85.3 cm³/mol. The Balaban J connectivity index is 2.15. The summed E-state index contributed by atoms with van der Waals surface area (Å²) in [7, 11) is 3.85. The van der Waals surface area contributed by atoms with Crippen LogP contribution >= 0.6 is 11.6 Å². The van der Waals surface area contributed by atoms with Crippen LogP contribution in [0, 0.1) is 10.1 Å². The number of nitrogens with zero attached hydrogens (tertiary/aromatic N) is 3. The summed E-state index contributed by atoms with van der Waals surface area (Å²) in [5.41, 5.74) is 0.193. The number of hydrogen-bond donors (Lipinski definition) is 0. The van der Waals surface area contributed by atoms with Crippen molar-refractivity contribution in [1.82, 2.24) is 9.80 Å². The van der Waals surface area contributed by atoms with Gasteiger partial charge in [0.05, 0.1) is 15.5 Å². The fraction of sp³-hybridized carbons (Fsp3) is 0.533. The number of non-ortho nitro benzene ring substituents is 1. The van der Waals surface area contributed by atoms with Crippen LogP contribution in [-0.2, 0) is 0 Å². The smallest absolute Gasteiger partial charge is 0.270 e. The lowest BCUT2D eigenvalue weighted by atomic mass is 9.97. The van der Waals surface area contributed by atoms with Crippen LogP contribution in [0.5, 0.6) is 0 Å². The number of nitro groups is 1. The van der Waals surface area contributed by atoms with E-state index in [0.717, 1.165) is 19.4 Å². The monoisotopic (exact) mass is 325 g/mol. The first-order valence-electron chi connectivity index (χ1n) is 7.22. The van der Waals surface area contributed by atoms with Crippen LogP contribution in [0.2, 0.25) is 5.02 Å². The molecule has 1 amide bonds. The van der Waals surface area contributed by atoms with Gasteiger partial charge >= 0.3 is 0 Å². The van der Waals surface area contributed by atoms with Crippen molar-refractivity contribution in [1.29, 1.82) is 0 Å². The van der Waals surface area contributed by atoms with Crippen LogP contribution in [-0.4, -0.2) is 53.4 Å². The Morgan fingerprint density at radius 1 is 1.50 bits per heavy atom. The fourth-order valence-electron chi connectivity index (χ4n) is 2.76. The van der Waals surface area contributed by atoms with E-state index in [1.54, 1.807) is 11.9 Å². The van der Waals surface area contributed by atoms with Crippen molar-refractivity contribution < 1.29 is 9.72 Å². The van der Waals surface area contributed by atoms with Gasteiger partial charge in [0.1, 0.15) is 0 Å². The highest BCUT2D eigenvalue weighted by Crippen LogP contribution is 2.26. The van der Waals surface area contributed by atoms with E-state index in [9.17, 15) is 14.9 Å². The number of carbonyl (C=O) groups excluding carboxylic acids is 1. The Labute approximate surface area is 134 Å². The minimum Gasteiger partial charge on any atom is -0.339 e. The van der Waals surface area contributed by atoms with Gasteiger partial charge in [-0.25, -0.2) is 0 Å². The molecule has 0 spiro atoms. The Kier molecular flexibility index (Phi) is 5.03. The molecule has 1 heterocycles. The maximum absolute atomic E-state index is 12.6. The van der Waals surface area contributed by atoms with Crippen LogP contribution in [0.1, 0.15) is 30.1 Å². The van der Waals surface area contributed by atoms with Crippen molar-refractivity contribution in [3.8, 4) is 0 Å². The quantitative estimate of drug-likeness (QED) is 0.633. The van der Waals surface area contributed by atoms with Crippen molar-refractivity contribution in [3.05, 3.63) is 38.9 Å². The first-order chi connectivity index (χ1) is 10.3. The second-order valence-corrected chi connectivity index (χ2v) is 6.25. The first kappa shape index (κ1) is 16.7. The highest BCUT2D eigenvalue weighted by Gasteiger charge is 2.29. The predicted octanol–water partition coefficient (Wildman–Crippen LogP) is 2.80. The van der Waals surface area contributed by atoms with Gasteiger partial charge < -0.3 is 9.80 Å². The maximum Gasteiger partial charge on any atom is 0.270 e. The second-order valence-electron chi connectivity index (χ2n) is 5.85. The fourth-order valence-corrected chi connectivity index (χ4v) is 3.02. The van der Waals surface area contributed by atoms with E-state index in [4.69, 9.17) is 11.6 Å². The van der Waals surface area contributed by atoms with Gasteiger partial charge in [0.15, 0.2) is 0 Å². The molecule has 120 valence electrons. The summed E-state index contributed by atoms with van der Waals surface area (Å²) in [6.07, 6.45) is 1.82. The van der Waals surface area contributed by atoms with Gasteiger partial charge in [-0.05, 0) is 32.9 Å². The van der Waals surface area contributed by atoms with Gasteiger partial charge in [0.2, 0.25) is 0 Å². The van der Waals surface area contributed by atoms with E-state index >= 15 is 0 Å². The first-order valence-corrected chi connectivity index (χ1v) is 7.60. The van der Waals surface area contributed by atoms with E-state index in [1.165, 1.54) is 18.2 Å². The van der Waals surface area contributed by atoms with Gasteiger partial charge in [-0.2, -0.15) is 0 Å². The topological polar surface area (TPSA) is 66.7 Å². The van der Waals surface area contributed by atoms with Crippen molar-refractivity contribution in [2.45, 2.75) is 31.8 Å². The second kappa shape index (κ2) is 6.62. The molecule has 1 aliphatic heterocycles. The molecule has 0 unspecified atom stereocenters. The third-order valence-electron chi connectivity index (χ3n) is 4.44. The zero-order chi connectivity index (χ0) is 16.4. The van der Waals surface area contributed by atoms with E-state index in [2.05, 4.69) is 18.9 Å². The molecule has 1 fully saturated rings. The van der Waals surface area contributed by atoms with E-state index in [1.807, 2.05) is 0 Å². The molecule has 0 aliphatic carbocycles. The zero-order valence-electron chi connectivity index (χ0n) is 13.0. The van der Waals surface area contributed by atoms with Crippen LogP contribution in [0.15, 0.2) is 18.2 Å². The van der Waals surface area contributed by atoms with Gasteiger partial charge in [0.25, 0.3) is 11.6 Å². The van der Waals surface area contributed by atoms with Crippen LogP contribution in [0.3, 0.4) is 0 Å². The Morgan fingerprint density at radius 3 is 2.73 bits per heavy atom. The summed E-state index contributed by atoms with van der Waals surface area (Å²) < 4.78 is 0. The Morgan fingerprint density at radius 2 is 2.18 bits per heavy atom. The van der Waals surface area contributed by atoms with Crippen LogP contribution in [0.25, 0.3) is 0 Å². The summed E-state index contributed by atoms with van der Waals surface area (Å²) in [6.45, 7) is 3.08. The molecule has 22 heavy (non-hydrogen) atoms. The van der Waals surface area contributed by atoms with E-state index in [-0.39, 0.29) is 22.7 Å². The lowest BCUT2D eigenvalue weighted by molar-refractivity contribution is -0.384. The lowest BCUT2D eigenvalue weighted by Crippen LogP contribution is -2.48. The summed E-state index contributed by atoms with van der Waals surface area (Å²) in [4.78, 5) is 26.8. The van der Waals surface area contributed by atoms with Gasteiger partial charge in [0, 0.05) is 37.8 Å². The van der Waals surface area contributed by atoms with Crippen LogP contribution < -0.4 is 0 Å². The lowest BCUT2D eigenvalue weighted by Gasteiger charge is -2.39. The molecule has 0 N–H and O–H groups in total. The highest BCUT2D eigenvalue weighted by atomic mass is 35.5. The molecular weight excluding hydrogens is 306 g/mol. The SMILES string of the molecule is C[C@@H]1C[C@H](N(C)C(=O)c2ccc([N+](=O)[O-])cc2Cl)CCN1C. The largest absolute Gasteiger partial charge is 0.339 e. The highest BCUT2D eigenvalue weighted by molar-refractivity contribution is 6.34. The molecule has 2 rings (SSSR count). The third kappa shape index (κ3) is 3.39. The number of piperidine rings is 1. The molecule has 0 radical (unpaired) electrons. The molecule has 7 heteroatoms. The van der Waals surface area contributed by atoms with E-state index < -0.39 is 4.92 Å². The molecule has 1 saturated heterocycles. The Hall–Kier alpha value is -1.66. The number of benzene rings is 1. The molecule has 0 aromatic heterocycles. The van der Waals surface area contributed by atoms with Crippen molar-refractivity contribution in [3.63, 3.8) is 0 Å². The van der Waals surface area contributed by atoms with Gasteiger partial charge in [-0.15, -0.1) is 0 Å². The average Bonchev–Trinajstić information content (AvgIpc) is 2.48. The zero-order valence-corrected chi connectivity index (χ0v) is 13.7. The number of carbonyl (C=O) groups is 1. The molecule has 1 aromatic rings. The molecule has 1 aromatic carbocycles. The third-order valence-corrected chi connectivity index (χ3v) is 4.76. The summed E-state index contributed by atoms with van der Waals surface area (Å²) in [6, 6.07) is 4.54. The minimum atomic E-state index is -0.525. The average molecular weight is 326 g/mol. The van der Waals surface area contributed by atoms with Gasteiger partial charge in [-0.3, -0.25) is 14.9 Å². The number of likely N-dealkylation sites (tertiary alicyclic amines) is 1. The Bertz CT molecular complexity index is 593. The molecule has 6 nitrogen and oxygen atoms in total. The normalized spacial score (nSPS) is 22.4. The molecule has 2 atom stereocenters. The summed E-state index contributed by atoms with van der Waals surface area (Å²) in [5, 5.41) is 10.8. The molecule has 0 bridgehead atoms. The number of rotatable bonds is 3. The van der Waals surface area contributed by atoms with Crippen molar-refractivity contribution in [2.24, 2.45) is 0 Å².